The smallest absolute Gasteiger partial charge is 0.191 e. The highest BCUT2D eigenvalue weighted by Gasteiger charge is 2.15. The molecule has 0 saturated carbocycles. The van der Waals surface area contributed by atoms with Crippen LogP contribution in [0.1, 0.15) is 6.42 Å². The van der Waals surface area contributed by atoms with Crippen molar-refractivity contribution in [2.45, 2.75) is 11.6 Å². The van der Waals surface area contributed by atoms with E-state index < -0.39 is 0 Å². The van der Waals surface area contributed by atoms with Gasteiger partial charge in [0.2, 0.25) is 0 Å². The third-order valence-corrected chi connectivity index (χ3v) is 4.28. The molecule has 4 nitrogen and oxygen atoms in total. The fraction of sp³-hybridized carbons (Fsp3) is 0.600. The lowest BCUT2D eigenvalue weighted by Gasteiger charge is -2.11. The van der Waals surface area contributed by atoms with E-state index in [1.807, 2.05) is 18.0 Å². The standard InChI is InChI=1S/C10H16N4S2/c1-15-10-13-8(11)4-9(14-10)12-5-7-2-3-16-6-7/h4,7H,2-3,5-6H2,1H3,(H3,11,12,13,14). The van der Waals surface area contributed by atoms with Crippen LogP contribution in [-0.2, 0) is 0 Å². The van der Waals surface area contributed by atoms with Crippen LogP contribution in [0.2, 0.25) is 0 Å². The zero-order valence-electron chi connectivity index (χ0n) is 9.27. The second-order valence-corrected chi connectivity index (χ2v) is 5.70. The highest BCUT2D eigenvalue weighted by Crippen LogP contribution is 2.24. The lowest BCUT2D eigenvalue weighted by atomic mass is 10.1. The number of aromatic nitrogens is 2. The second-order valence-electron chi connectivity index (χ2n) is 3.78. The number of thioether (sulfide) groups is 2. The van der Waals surface area contributed by atoms with E-state index in [0.29, 0.717) is 5.82 Å². The Balaban J connectivity index is 1.94. The molecule has 0 amide bonds. The fourth-order valence-corrected chi connectivity index (χ4v) is 3.29. The van der Waals surface area contributed by atoms with Gasteiger partial charge in [-0.1, -0.05) is 11.8 Å². The topological polar surface area (TPSA) is 63.8 Å². The van der Waals surface area contributed by atoms with Crippen molar-refractivity contribution >= 4 is 35.2 Å². The zero-order chi connectivity index (χ0) is 11.4. The molecule has 0 aromatic carbocycles. The van der Waals surface area contributed by atoms with Gasteiger partial charge in [-0.15, -0.1) is 0 Å². The van der Waals surface area contributed by atoms with Gasteiger partial charge in [0.25, 0.3) is 0 Å². The minimum Gasteiger partial charge on any atom is -0.383 e. The monoisotopic (exact) mass is 256 g/mol. The van der Waals surface area contributed by atoms with Crippen molar-refractivity contribution in [2.24, 2.45) is 5.92 Å². The quantitative estimate of drug-likeness (QED) is 0.634. The van der Waals surface area contributed by atoms with Crippen molar-refractivity contribution in [1.82, 2.24) is 9.97 Å². The van der Waals surface area contributed by atoms with Crippen LogP contribution in [0.5, 0.6) is 0 Å². The summed E-state index contributed by atoms with van der Waals surface area (Å²) in [5.74, 6) is 4.67. The van der Waals surface area contributed by atoms with Gasteiger partial charge in [-0.2, -0.15) is 11.8 Å². The number of rotatable bonds is 4. The Morgan fingerprint density at radius 1 is 1.62 bits per heavy atom. The first-order valence-corrected chi connectivity index (χ1v) is 7.66. The van der Waals surface area contributed by atoms with Crippen LogP contribution in [0.4, 0.5) is 11.6 Å². The van der Waals surface area contributed by atoms with E-state index >= 15 is 0 Å². The molecule has 1 aliphatic rings. The van der Waals surface area contributed by atoms with Gasteiger partial charge in [0.1, 0.15) is 11.6 Å². The van der Waals surface area contributed by atoms with E-state index in [1.54, 1.807) is 6.07 Å². The van der Waals surface area contributed by atoms with Crippen LogP contribution >= 0.6 is 23.5 Å². The number of nitrogens with one attached hydrogen (secondary N) is 1. The molecule has 3 N–H and O–H groups in total. The van der Waals surface area contributed by atoms with Crippen molar-refractivity contribution in [3.63, 3.8) is 0 Å². The molecule has 1 unspecified atom stereocenters. The maximum Gasteiger partial charge on any atom is 0.191 e. The van der Waals surface area contributed by atoms with Crippen LogP contribution in [-0.4, -0.2) is 34.3 Å². The molecule has 88 valence electrons. The van der Waals surface area contributed by atoms with Gasteiger partial charge in [-0.3, -0.25) is 0 Å². The van der Waals surface area contributed by atoms with Crippen molar-refractivity contribution in [1.29, 1.82) is 0 Å². The lowest BCUT2D eigenvalue weighted by molar-refractivity contribution is 0.630. The highest BCUT2D eigenvalue weighted by atomic mass is 32.2. The first-order chi connectivity index (χ1) is 7.78. The summed E-state index contributed by atoms with van der Waals surface area (Å²) in [6, 6.07) is 1.79. The molecular formula is C10H16N4S2. The molecule has 0 radical (unpaired) electrons. The summed E-state index contributed by atoms with van der Waals surface area (Å²) in [6.07, 6.45) is 3.25. The SMILES string of the molecule is CSc1nc(N)cc(NCC2CCSC2)n1. The molecular weight excluding hydrogens is 240 g/mol. The number of hydrogen-bond donors (Lipinski definition) is 2. The Morgan fingerprint density at radius 3 is 3.19 bits per heavy atom. The molecule has 1 fully saturated rings. The third kappa shape index (κ3) is 3.18. The number of anilines is 2. The van der Waals surface area contributed by atoms with Gasteiger partial charge in [-0.25, -0.2) is 9.97 Å². The number of nitrogen functional groups attached to an aromatic ring is 1. The maximum atomic E-state index is 5.71. The van der Waals surface area contributed by atoms with E-state index in [1.165, 1.54) is 29.7 Å². The Bertz CT molecular complexity index is 353. The average Bonchev–Trinajstić information content (AvgIpc) is 2.78. The van der Waals surface area contributed by atoms with Crippen molar-refractivity contribution in [3.8, 4) is 0 Å². The molecule has 2 rings (SSSR count). The lowest BCUT2D eigenvalue weighted by Crippen LogP contribution is -2.14. The van der Waals surface area contributed by atoms with E-state index in [9.17, 15) is 0 Å². The Hall–Kier alpha value is -0.620. The molecule has 0 spiro atoms. The van der Waals surface area contributed by atoms with Crippen LogP contribution < -0.4 is 11.1 Å². The Kier molecular flexibility index (Phi) is 4.17. The van der Waals surface area contributed by atoms with E-state index in [2.05, 4.69) is 15.3 Å². The molecule has 6 heteroatoms. The number of nitrogens with two attached hydrogens (primary N) is 1. The van der Waals surface area contributed by atoms with Crippen molar-refractivity contribution in [3.05, 3.63) is 6.07 Å². The zero-order valence-corrected chi connectivity index (χ0v) is 10.9. The number of nitrogens with zero attached hydrogens (tertiary/aromatic N) is 2. The minimum atomic E-state index is 0.530. The predicted molar refractivity (Wildman–Crippen MR) is 72.1 cm³/mol. The summed E-state index contributed by atoms with van der Waals surface area (Å²) < 4.78 is 0. The molecule has 16 heavy (non-hydrogen) atoms. The van der Waals surface area contributed by atoms with Gasteiger partial charge < -0.3 is 11.1 Å². The summed E-state index contributed by atoms with van der Waals surface area (Å²) >= 11 is 3.54. The summed E-state index contributed by atoms with van der Waals surface area (Å²) in [7, 11) is 0. The van der Waals surface area contributed by atoms with E-state index in [-0.39, 0.29) is 0 Å². The summed E-state index contributed by atoms with van der Waals surface area (Å²) in [5, 5.41) is 4.07. The van der Waals surface area contributed by atoms with E-state index in [4.69, 9.17) is 5.73 Å². The predicted octanol–water partition coefficient (Wildman–Crippen LogP) is 1.95. The maximum absolute atomic E-state index is 5.71. The molecule has 0 bridgehead atoms. The number of hydrogen-bond acceptors (Lipinski definition) is 6. The molecule has 1 aromatic heterocycles. The Labute approximate surface area is 104 Å². The minimum absolute atomic E-state index is 0.530. The normalized spacial score (nSPS) is 19.9. The Morgan fingerprint density at radius 2 is 2.50 bits per heavy atom. The summed E-state index contributed by atoms with van der Waals surface area (Å²) in [5.41, 5.74) is 5.71. The fourth-order valence-electron chi connectivity index (χ4n) is 1.62. The van der Waals surface area contributed by atoms with Gasteiger partial charge >= 0.3 is 0 Å². The van der Waals surface area contributed by atoms with E-state index in [0.717, 1.165) is 23.4 Å². The van der Waals surface area contributed by atoms with Crippen LogP contribution in [0.25, 0.3) is 0 Å². The first kappa shape index (κ1) is 11.9. The average molecular weight is 256 g/mol. The van der Waals surface area contributed by atoms with Crippen molar-refractivity contribution < 1.29 is 0 Å². The van der Waals surface area contributed by atoms with Gasteiger partial charge in [0.15, 0.2) is 5.16 Å². The summed E-state index contributed by atoms with van der Waals surface area (Å²) in [6.45, 7) is 0.983. The van der Waals surface area contributed by atoms with Crippen LogP contribution in [0.15, 0.2) is 11.2 Å². The van der Waals surface area contributed by atoms with Crippen LogP contribution in [0.3, 0.4) is 0 Å². The molecule has 1 atom stereocenters. The molecule has 0 aliphatic carbocycles. The van der Waals surface area contributed by atoms with Gasteiger partial charge in [0, 0.05) is 12.6 Å². The summed E-state index contributed by atoms with van der Waals surface area (Å²) in [4.78, 5) is 8.48. The van der Waals surface area contributed by atoms with Gasteiger partial charge in [0.05, 0.1) is 0 Å². The molecule has 1 saturated heterocycles. The van der Waals surface area contributed by atoms with Crippen molar-refractivity contribution in [2.75, 3.05) is 35.4 Å². The molecule has 1 aromatic rings. The molecule has 1 aliphatic heterocycles. The third-order valence-electron chi connectivity index (χ3n) is 2.50. The van der Waals surface area contributed by atoms with Gasteiger partial charge in [-0.05, 0) is 30.1 Å². The highest BCUT2D eigenvalue weighted by molar-refractivity contribution is 7.99. The largest absolute Gasteiger partial charge is 0.383 e. The second kappa shape index (κ2) is 5.63. The van der Waals surface area contributed by atoms with Crippen LogP contribution in [0, 0.1) is 5.92 Å². The molecule has 2 heterocycles. The first-order valence-electron chi connectivity index (χ1n) is 5.28.